The van der Waals surface area contributed by atoms with Crippen LogP contribution in [0, 0.1) is 5.92 Å². The quantitative estimate of drug-likeness (QED) is 0.837. The van der Waals surface area contributed by atoms with Crippen molar-refractivity contribution in [2.24, 2.45) is 11.7 Å². The molecular formula is C14H22N2O. The van der Waals surface area contributed by atoms with Crippen LogP contribution in [0.25, 0.3) is 0 Å². The topological polar surface area (TPSA) is 47.3 Å². The zero-order valence-corrected chi connectivity index (χ0v) is 10.5. The van der Waals surface area contributed by atoms with Gasteiger partial charge in [0.2, 0.25) is 0 Å². The third kappa shape index (κ3) is 2.79. The summed E-state index contributed by atoms with van der Waals surface area (Å²) in [7, 11) is 1.74. The number of para-hydroxylation sites is 1. The number of ether oxygens (including phenoxy) is 1. The monoisotopic (exact) mass is 234 g/mol. The van der Waals surface area contributed by atoms with Crippen molar-refractivity contribution in [2.45, 2.75) is 18.8 Å². The molecule has 0 amide bonds. The molecule has 1 fully saturated rings. The van der Waals surface area contributed by atoms with Crippen molar-refractivity contribution < 1.29 is 4.74 Å². The fourth-order valence-corrected chi connectivity index (χ4v) is 2.77. The Kier molecular flexibility index (Phi) is 4.40. The molecule has 0 radical (unpaired) electrons. The molecule has 0 spiro atoms. The van der Waals surface area contributed by atoms with Crippen LogP contribution in [0.5, 0.6) is 5.75 Å². The summed E-state index contributed by atoms with van der Waals surface area (Å²) in [5.41, 5.74) is 7.24. The first-order chi connectivity index (χ1) is 8.36. The summed E-state index contributed by atoms with van der Waals surface area (Å²) in [6.45, 7) is 2.90. The van der Waals surface area contributed by atoms with Gasteiger partial charge in [0, 0.05) is 0 Å². The van der Waals surface area contributed by atoms with E-state index in [1.807, 2.05) is 12.1 Å². The third-order valence-electron chi connectivity index (χ3n) is 3.73. The predicted molar refractivity (Wildman–Crippen MR) is 70.4 cm³/mol. The minimum absolute atomic E-state index is 0.520. The lowest BCUT2D eigenvalue weighted by Gasteiger charge is -2.25. The lowest BCUT2D eigenvalue weighted by atomic mass is 9.82. The van der Waals surface area contributed by atoms with Gasteiger partial charge in [0.15, 0.2) is 0 Å². The van der Waals surface area contributed by atoms with Crippen molar-refractivity contribution in [1.82, 2.24) is 5.32 Å². The van der Waals surface area contributed by atoms with Crippen molar-refractivity contribution in [1.29, 1.82) is 0 Å². The Bertz CT molecular complexity index is 354. The Labute approximate surface area is 103 Å². The van der Waals surface area contributed by atoms with E-state index in [4.69, 9.17) is 10.5 Å². The van der Waals surface area contributed by atoms with Gasteiger partial charge in [-0.15, -0.1) is 0 Å². The van der Waals surface area contributed by atoms with Crippen LogP contribution in [0.3, 0.4) is 0 Å². The molecular weight excluding hydrogens is 212 g/mol. The van der Waals surface area contributed by atoms with E-state index in [1.165, 1.54) is 5.56 Å². The van der Waals surface area contributed by atoms with E-state index in [1.54, 1.807) is 7.11 Å². The smallest absolute Gasteiger partial charge is 0.122 e. The van der Waals surface area contributed by atoms with E-state index in [0.717, 1.165) is 38.2 Å². The van der Waals surface area contributed by atoms with Crippen LogP contribution >= 0.6 is 0 Å². The second kappa shape index (κ2) is 6.03. The molecule has 2 rings (SSSR count). The van der Waals surface area contributed by atoms with E-state index < -0.39 is 0 Å². The van der Waals surface area contributed by atoms with Crippen molar-refractivity contribution in [3.8, 4) is 5.75 Å². The zero-order valence-electron chi connectivity index (χ0n) is 10.5. The molecule has 2 unspecified atom stereocenters. The molecule has 1 aromatic carbocycles. The molecule has 94 valence electrons. The summed E-state index contributed by atoms with van der Waals surface area (Å²) in [6, 6.07) is 8.33. The highest BCUT2D eigenvalue weighted by Crippen LogP contribution is 2.36. The molecule has 1 heterocycles. The molecule has 17 heavy (non-hydrogen) atoms. The molecule has 1 aromatic rings. The summed E-state index contributed by atoms with van der Waals surface area (Å²) in [4.78, 5) is 0. The summed E-state index contributed by atoms with van der Waals surface area (Å²) in [6.07, 6.45) is 2.29. The summed E-state index contributed by atoms with van der Waals surface area (Å²) < 4.78 is 5.47. The van der Waals surface area contributed by atoms with Gasteiger partial charge in [0.25, 0.3) is 0 Å². The first-order valence-corrected chi connectivity index (χ1v) is 6.40. The molecule has 3 nitrogen and oxygen atoms in total. The SMILES string of the molecule is COc1ccccc1C1CCNCCC1CN. The molecule has 1 aliphatic heterocycles. The van der Waals surface area contributed by atoms with Gasteiger partial charge in [0.1, 0.15) is 5.75 Å². The Morgan fingerprint density at radius 3 is 2.82 bits per heavy atom. The maximum atomic E-state index is 5.92. The van der Waals surface area contributed by atoms with E-state index in [-0.39, 0.29) is 0 Å². The van der Waals surface area contributed by atoms with Gasteiger partial charge in [-0.1, -0.05) is 18.2 Å². The number of rotatable bonds is 3. The molecule has 1 aliphatic rings. The highest BCUT2D eigenvalue weighted by Gasteiger charge is 2.25. The molecule has 3 heteroatoms. The van der Waals surface area contributed by atoms with E-state index in [0.29, 0.717) is 11.8 Å². The first kappa shape index (κ1) is 12.4. The second-order valence-electron chi connectivity index (χ2n) is 4.67. The predicted octanol–water partition coefficient (Wildman–Crippen LogP) is 1.74. The average Bonchev–Trinajstić information content (AvgIpc) is 2.63. The largest absolute Gasteiger partial charge is 0.496 e. The summed E-state index contributed by atoms with van der Waals surface area (Å²) in [5, 5.41) is 3.45. The zero-order chi connectivity index (χ0) is 12.1. The highest BCUT2D eigenvalue weighted by atomic mass is 16.5. The molecule has 0 bridgehead atoms. The van der Waals surface area contributed by atoms with Crippen LogP contribution in [0.2, 0.25) is 0 Å². The van der Waals surface area contributed by atoms with Crippen molar-refractivity contribution in [3.05, 3.63) is 29.8 Å². The maximum Gasteiger partial charge on any atom is 0.122 e. The molecule has 3 N–H and O–H groups in total. The average molecular weight is 234 g/mol. The van der Waals surface area contributed by atoms with Gasteiger partial charge in [-0.2, -0.15) is 0 Å². The lowest BCUT2D eigenvalue weighted by Crippen LogP contribution is -2.22. The minimum Gasteiger partial charge on any atom is -0.496 e. The number of nitrogens with two attached hydrogens (primary N) is 1. The number of benzene rings is 1. The first-order valence-electron chi connectivity index (χ1n) is 6.40. The van der Waals surface area contributed by atoms with E-state index in [9.17, 15) is 0 Å². The van der Waals surface area contributed by atoms with Gasteiger partial charge in [-0.25, -0.2) is 0 Å². The van der Waals surface area contributed by atoms with Crippen molar-refractivity contribution in [3.63, 3.8) is 0 Å². The Balaban J connectivity index is 2.28. The minimum atomic E-state index is 0.520. The fraction of sp³-hybridized carbons (Fsp3) is 0.571. The normalized spacial score (nSPS) is 25.3. The van der Waals surface area contributed by atoms with Crippen LogP contribution in [0.1, 0.15) is 24.3 Å². The third-order valence-corrected chi connectivity index (χ3v) is 3.73. The van der Waals surface area contributed by atoms with Crippen molar-refractivity contribution >= 4 is 0 Å². The second-order valence-corrected chi connectivity index (χ2v) is 4.67. The Morgan fingerprint density at radius 1 is 1.29 bits per heavy atom. The van der Waals surface area contributed by atoms with Gasteiger partial charge in [-0.3, -0.25) is 0 Å². The van der Waals surface area contributed by atoms with Crippen LogP contribution < -0.4 is 15.8 Å². The molecule has 1 saturated heterocycles. The van der Waals surface area contributed by atoms with Crippen LogP contribution in [-0.2, 0) is 0 Å². The number of hydrogen-bond acceptors (Lipinski definition) is 3. The Morgan fingerprint density at radius 2 is 2.06 bits per heavy atom. The van der Waals surface area contributed by atoms with Crippen LogP contribution in [0.15, 0.2) is 24.3 Å². The van der Waals surface area contributed by atoms with Gasteiger partial charge in [0.05, 0.1) is 7.11 Å². The molecule has 2 atom stereocenters. The number of methoxy groups -OCH3 is 1. The van der Waals surface area contributed by atoms with Gasteiger partial charge >= 0.3 is 0 Å². The van der Waals surface area contributed by atoms with Crippen LogP contribution in [0.4, 0.5) is 0 Å². The fourth-order valence-electron chi connectivity index (χ4n) is 2.77. The Hall–Kier alpha value is -1.06. The van der Waals surface area contributed by atoms with E-state index >= 15 is 0 Å². The number of nitrogens with one attached hydrogen (secondary N) is 1. The molecule has 0 saturated carbocycles. The van der Waals surface area contributed by atoms with Gasteiger partial charge in [-0.05, 0) is 55.9 Å². The molecule has 0 aliphatic carbocycles. The van der Waals surface area contributed by atoms with E-state index in [2.05, 4.69) is 17.4 Å². The van der Waals surface area contributed by atoms with Crippen molar-refractivity contribution in [2.75, 3.05) is 26.7 Å². The van der Waals surface area contributed by atoms with Crippen LogP contribution in [-0.4, -0.2) is 26.7 Å². The summed E-state index contributed by atoms with van der Waals surface area (Å²) in [5.74, 6) is 2.07. The molecule has 0 aromatic heterocycles. The summed E-state index contributed by atoms with van der Waals surface area (Å²) >= 11 is 0. The number of hydrogen-bond donors (Lipinski definition) is 2. The van der Waals surface area contributed by atoms with Gasteiger partial charge < -0.3 is 15.8 Å². The lowest BCUT2D eigenvalue weighted by molar-refractivity contribution is 0.376. The highest BCUT2D eigenvalue weighted by molar-refractivity contribution is 5.36. The maximum absolute atomic E-state index is 5.92. The standard InChI is InChI=1S/C14H22N2O/c1-17-14-5-3-2-4-13(14)12-7-9-16-8-6-11(12)10-15/h2-5,11-12,16H,6-10,15H2,1H3.